The molecule has 0 bridgehead atoms. The van der Waals surface area contributed by atoms with Gasteiger partial charge in [-0.1, -0.05) is 6.07 Å². The third-order valence-corrected chi connectivity index (χ3v) is 3.44. The number of aryl methyl sites for hydroxylation is 1. The topological polar surface area (TPSA) is 54.5 Å². The Kier molecular flexibility index (Phi) is 4.70. The lowest BCUT2D eigenvalue weighted by Crippen LogP contribution is -2.42. The van der Waals surface area contributed by atoms with Gasteiger partial charge in [0, 0.05) is 19.3 Å². The zero-order valence-electron chi connectivity index (χ0n) is 13.3. The first-order valence-electron chi connectivity index (χ1n) is 7.51. The van der Waals surface area contributed by atoms with Crippen LogP contribution in [0.25, 0.3) is 0 Å². The Labute approximate surface area is 126 Å². The molecule has 0 radical (unpaired) electrons. The molecule has 1 atom stereocenters. The fourth-order valence-electron chi connectivity index (χ4n) is 2.40. The quantitative estimate of drug-likeness (QED) is 0.929. The van der Waals surface area contributed by atoms with Crippen molar-refractivity contribution in [1.82, 2.24) is 9.88 Å². The number of likely N-dealkylation sites (tertiary alicyclic amines) is 1. The Balaban J connectivity index is 1.90. The van der Waals surface area contributed by atoms with Crippen LogP contribution in [0.1, 0.15) is 39.2 Å². The number of carbonyl (C=O) groups excluding carboxylic acids is 1. The summed E-state index contributed by atoms with van der Waals surface area (Å²) in [7, 11) is 0. The minimum atomic E-state index is -0.448. The van der Waals surface area contributed by atoms with Gasteiger partial charge >= 0.3 is 6.09 Å². The van der Waals surface area contributed by atoms with Crippen LogP contribution in [0.3, 0.4) is 0 Å². The number of hydrogen-bond donors (Lipinski definition) is 1. The van der Waals surface area contributed by atoms with E-state index >= 15 is 0 Å². The largest absolute Gasteiger partial charge is 0.444 e. The summed E-state index contributed by atoms with van der Waals surface area (Å²) in [5.41, 5.74) is 0.688. The minimum Gasteiger partial charge on any atom is -0.444 e. The molecule has 1 aromatic rings. The first-order chi connectivity index (χ1) is 9.85. The van der Waals surface area contributed by atoms with Gasteiger partial charge in [0.15, 0.2) is 0 Å². The molecule has 1 fully saturated rings. The molecule has 2 heterocycles. The highest BCUT2D eigenvalue weighted by molar-refractivity contribution is 5.69. The lowest BCUT2D eigenvalue weighted by Gasteiger charge is -2.28. The Morgan fingerprint density at radius 3 is 2.86 bits per heavy atom. The number of rotatable bonds is 3. The average molecular weight is 291 g/mol. The van der Waals surface area contributed by atoms with Crippen LogP contribution in [0.5, 0.6) is 0 Å². The second-order valence-electron chi connectivity index (χ2n) is 6.57. The van der Waals surface area contributed by atoms with Crippen molar-refractivity contribution < 1.29 is 9.53 Å². The van der Waals surface area contributed by atoms with E-state index < -0.39 is 5.60 Å². The maximum atomic E-state index is 12.2. The number of nitrogens with zero attached hydrogens (tertiary/aromatic N) is 2. The SMILES string of the molecule is Cc1ccc(NC[C@@H]2CCCN2C(=O)OC(C)(C)C)nc1. The summed E-state index contributed by atoms with van der Waals surface area (Å²) >= 11 is 0. The molecule has 0 aromatic carbocycles. The van der Waals surface area contributed by atoms with Crippen molar-refractivity contribution in [3.63, 3.8) is 0 Å². The molecule has 5 nitrogen and oxygen atoms in total. The molecule has 1 aromatic heterocycles. The van der Waals surface area contributed by atoms with E-state index in [9.17, 15) is 4.79 Å². The van der Waals surface area contributed by atoms with E-state index in [1.54, 1.807) is 0 Å². The van der Waals surface area contributed by atoms with E-state index in [1.807, 2.05) is 50.9 Å². The zero-order chi connectivity index (χ0) is 15.5. The standard InChI is InChI=1S/C16H25N3O2/c1-12-7-8-14(17-10-12)18-11-13-6-5-9-19(13)15(20)21-16(2,3)4/h7-8,10,13H,5-6,9,11H2,1-4H3,(H,17,18)/t13-/m0/s1. The molecule has 0 unspecified atom stereocenters. The van der Waals surface area contributed by atoms with Crippen LogP contribution in [-0.2, 0) is 4.74 Å². The van der Waals surface area contributed by atoms with Crippen LogP contribution in [0, 0.1) is 6.92 Å². The molecular weight excluding hydrogens is 266 g/mol. The fraction of sp³-hybridized carbons (Fsp3) is 0.625. The van der Waals surface area contributed by atoms with Gasteiger partial charge in [-0.3, -0.25) is 0 Å². The lowest BCUT2D eigenvalue weighted by molar-refractivity contribution is 0.0235. The molecule has 1 saturated heterocycles. The summed E-state index contributed by atoms with van der Waals surface area (Å²) in [4.78, 5) is 18.3. The first-order valence-corrected chi connectivity index (χ1v) is 7.51. The van der Waals surface area contributed by atoms with Crippen molar-refractivity contribution in [2.75, 3.05) is 18.4 Å². The van der Waals surface area contributed by atoms with Crippen molar-refractivity contribution in [3.05, 3.63) is 23.9 Å². The molecule has 5 heteroatoms. The summed E-state index contributed by atoms with van der Waals surface area (Å²) in [5, 5.41) is 3.30. The average Bonchev–Trinajstić information content (AvgIpc) is 2.84. The van der Waals surface area contributed by atoms with Gasteiger partial charge in [-0.15, -0.1) is 0 Å². The zero-order valence-corrected chi connectivity index (χ0v) is 13.3. The second-order valence-corrected chi connectivity index (χ2v) is 6.57. The number of carbonyl (C=O) groups is 1. The molecule has 1 aliphatic rings. The normalized spacial score (nSPS) is 18.7. The maximum absolute atomic E-state index is 12.2. The van der Waals surface area contributed by atoms with Crippen LogP contribution in [0.15, 0.2) is 18.3 Å². The minimum absolute atomic E-state index is 0.169. The van der Waals surface area contributed by atoms with E-state index in [2.05, 4.69) is 10.3 Å². The van der Waals surface area contributed by atoms with Crippen LogP contribution in [-0.4, -0.2) is 40.7 Å². The molecule has 0 saturated carbocycles. The predicted molar refractivity (Wildman–Crippen MR) is 83.4 cm³/mol. The number of pyridine rings is 1. The maximum Gasteiger partial charge on any atom is 0.410 e. The number of ether oxygens (including phenoxy) is 1. The molecule has 1 aliphatic heterocycles. The number of nitrogens with one attached hydrogen (secondary N) is 1. The summed E-state index contributed by atoms with van der Waals surface area (Å²) in [6.45, 7) is 9.16. The summed E-state index contributed by atoms with van der Waals surface area (Å²) in [6.07, 6.45) is 3.64. The fourth-order valence-corrected chi connectivity index (χ4v) is 2.40. The number of hydrogen-bond acceptors (Lipinski definition) is 4. The van der Waals surface area contributed by atoms with E-state index in [0.29, 0.717) is 6.54 Å². The number of anilines is 1. The van der Waals surface area contributed by atoms with E-state index in [0.717, 1.165) is 30.8 Å². The van der Waals surface area contributed by atoms with Gasteiger partial charge < -0.3 is 15.0 Å². The second kappa shape index (κ2) is 6.33. The van der Waals surface area contributed by atoms with Gasteiger partial charge in [0.1, 0.15) is 11.4 Å². The van der Waals surface area contributed by atoms with E-state index in [4.69, 9.17) is 4.74 Å². The molecular formula is C16H25N3O2. The molecule has 1 amide bonds. The monoisotopic (exact) mass is 291 g/mol. The highest BCUT2D eigenvalue weighted by atomic mass is 16.6. The van der Waals surface area contributed by atoms with Crippen LogP contribution < -0.4 is 5.32 Å². The van der Waals surface area contributed by atoms with Crippen molar-refractivity contribution in [1.29, 1.82) is 0 Å². The molecule has 1 N–H and O–H groups in total. The smallest absolute Gasteiger partial charge is 0.410 e. The van der Waals surface area contributed by atoms with Gasteiger partial charge in [0.25, 0.3) is 0 Å². The third kappa shape index (κ3) is 4.62. The van der Waals surface area contributed by atoms with Gasteiger partial charge in [-0.25, -0.2) is 9.78 Å². The van der Waals surface area contributed by atoms with E-state index in [-0.39, 0.29) is 12.1 Å². The summed E-state index contributed by atoms with van der Waals surface area (Å²) < 4.78 is 5.46. The number of aromatic nitrogens is 1. The van der Waals surface area contributed by atoms with Gasteiger partial charge in [-0.2, -0.15) is 0 Å². The Morgan fingerprint density at radius 1 is 1.48 bits per heavy atom. The van der Waals surface area contributed by atoms with Crippen molar-refractivity contribution >= 4 is 11.9 Å². The van der Waals surface area contributed by atoms with Crippen LogP contribution >= 0.6 is 0 Å². The van der Waals surface area contributed by atoms with Crippen molar-refractivity contribution in [2.45, 2.75) is 52.2 Å². The Hall–Kier alpha value is -1.78. The van der Waals surface area contributed by atoms with E-state index in [1.165, 1.54) is 0 Å². The lowest BCUT2D eigenvalue weighted by atomic mass is 10.2. The van der Waals surface area contributed by atoms with Gasteiger partial charge in [0.2, 0.25) is 0 Å². The van der Waals surface area contributed by atoms with Crippen LogP contribution in [0.2, 0.25) is 0 Å². The Bertz CT molecular complexity index is 479. The third-order valence-electron chi connectivity index (χ3n) is 3.44. The first kappa shape index (κ1) is 15.6. The van der Waals surface area contributed by atoms with Crippen molar-refractivity contribution in [2.24, 2.45) is 0 Å². The summed E-state index contributed by atoms with van der Waals surface area (Å²) in [6, 6.07) is 4.15. The molecule has 2 rings (SSSR count). The molecule has 21 heavy (non-hydrogen) atoms. The highest BCUT2D eigenvalue weighted by Gasteiger charge is 2.31. The molecule has 0 spiro atoms. The highest BCUT2D eigenvalue weighted by Crippen LogP contribution is 2.21. The summed E-state index contributed by atoms with van der Waals surface area (Å²) in [5.74, 6) is 0.844. The number of amides is 1. The Morgan fingerprint density at radius 2 is 2.24 bits per heavy atom. The van der Waals surface area contributed by atoms with Crippen LogP contribution in [0.4, 0.5) is 10.6 Å². The van der Waals surface area contributed by atoms with Crippen molar-refractivity contribution in [3.8, 4) is 0 Å². The molecule has 116 valence electrons. The molecule has 0 aliphatic carbocycles. The van der Waals surface area contributed by atoms with Gasteiger partial charge in [-0.05, 0) is 52.2 Å². The van der Waals surface area contributed by atoms with Gasteiger partial charge in [0.05, 0.1) is 6.04 Å². The predicted octanol–water partition coefficient (Wildman–Crippen LogP) is 3.20.